The number of hydrogen-bond donors (Lipinski definition) is 2. The molecule has 4 nitrogen and oxygen atoms in total. The lowest BCUT2D eigenvalue weighted by Crippen LogP contribution is -2.56. The van der Waals surface area contributed by atoms with Crippen molar-refractivity contribution in [2.45, 2.75) is 77.6 Å². The van der Waals surface area contributed by atoms with Crippen molar-refractivity contribution in [1.82, 2.24) is 10.2 Å². The molecule has 1 aliphatic rings. The van der Waals surface area contributed by atoms with Gasteiger partial charge in [-0.15, -0.1) is 0 Å². The summed E-state index contributed by atoms with van der Waals surface area (Å²) < 4.78 is 5.78. The highest BCUT2D eigenvalue weighted by molar-refractivity contribution is 4.90. The summed E-state index contributed by atoms with van der Waals surface area (Å²) in [6, 6.07) is 0.961. The SMILES string of the molecule is CCCNC(C)(CO)CC(C)N1CC(C)OCC1CC. The van der Waals surface area contributed by atoms with E-state index in [2.05, 4.69) is 44.8 Å². The van der Waals surface area contributed by atoms with Crippen LogP contribution in [0.5, 0.6) is 0 Å². The van der Waals surface area contributed by atoms with Crippen LogP contribution in [0.1, 0.15) is 53.9 Å². The van der Waals surface area contributed by atoms with Crippen molar-refractivity contribution < 1.29 is 9.84 Å². The lowest BCUT2D eigenvalue weighted by Gasteiger charge is -2.44. The maximum absolute atomic E-state index is 9.73. The Morgan fingerprint density at radius 3 is 2.70 bits per heavy atom. The van der Waals surface area contributed by atoms with Gasteiger partial charge in [-0.3, -0.25) is 4.90 Å². The first-order valence-corrected chi connectivity index (χ1v) is 8.19. The van der Waals surface area contributed by atoms with E-state index in [1.807, 2.05) is 0 Å². The van der Waals surface area contributed by atoms with Gasteiger partial charge in [-0.25, -0.2) is 0 Å². The van der Waals surface area contributed by atoms with Gasteiger partial charge in [0.2, 0.25) is 0 Å². The fourth-order valence-corrected chi connectivity index (χ4v) is 3.15. The molecule has 0 aliphatic carbocycles. The van der Waals surface area contributed by atoms with Crippen molar-refractivity contribution in [1.29, 1.82) is 0 Å². The average molecular weight is 286 g/mol. The minimum atomic E-state index is -0.185. The standard InChI is InChI=1S/C16H34N2O2/c1-6-8-17-16(5,12-19)9-13(3)18-10-14(4)20-11-15(18)7-2/h13-15,17,19H,6-12H2,1-5H3. The van der Waals surface area contributed by atoms with E-state index in [1.54, 1.807) is 0 Å². The molecule has 0 bridgehead atoms. The van der Waals surface area contributed by atoms with Crippen molar-refractivity contribution in [3.63, 3.8) is 0 Å². The van der Waals surface area contributed by atoms with Crippen molar-refractivity contribution in [2.24, 2.45) is 0 Å². The fraction of sp³-hybridized carbons (Fsp3) is 1.00. The summed E-state index contributed by atoms with van der Waals surface area (Å²) >= 11 is 0. The Kier molecular flexibility index (Phi) is 7.45. The lowest BCUT2D eigenvalue weighted by molar-refractivity contribution is -0.0749. The van der Waals surface area contributed by atoms with Crippen molar-refractivity contribution in [3.05, 3.63) is 0 Å². The molecule has 0 saturated carbocycles. The van der Waals surface area contributed by atoms with Crippen LogP contribution >= 0.6 is 0 Å². The highest BCUT2D eigenvalue weighted by Crippen LogP contribution is 2.23. The summed E-state index contributed by atoms with van der Waals surface area (Å²) in [5.74, 6) is 0. The van der Waals surface area contributed by atoms with Crippen LogP contribution in [0.2, 0.25) is 0 Å². The van der Waals surface area contributed by atoms with E-state index in [9.17, 15) is 5.11 Å². The number of rotatable bonds is 8. The number of morpholine rings is 1. The van der Waals surface area contributed by atoms with E-state index >= 15 is 0 Å². The second-order valence-electron chi connectivity index (χ2n) is 6.60. The normalized spacial score (nSPS) is 29.1. The monoisotopic (exact) mass is 286 g/mol. The molecule has 1 saturated heterocycles. The number of nitrogens with zero attached hydrogens (tertiary/aromatic N) is 1. The third-order valence-electron chi connectivity index (χ3n) is 4.44. The summed E-state index contributed by atoms with van der Waals surface area (Å²) in [7, 11) is 0. The van der Waals surface area contributed by atoms with Gasteiger partial charge in [-0.2, -0.15) is 0 Å². The molecular weight excluding hydrogens is 252 g/mol. The van der Waals surface area contributed by atoms with Gasteiger partial charge in [0, 0.05) is 24.2 Å². The first-order valence-electron chi connectivity index (χ1n) is 8.19. The van der Waals surface area contributed by atoms with Gasteiger partial charge < -0.3 is 15.2 Å². The molecular formula is C16H34N2O2. The van der Waals surface area contributed by atoms with Crippen LogP contribution in [-0.2, 0) is 4.74 Å². The highest BCUT2D eigenvalue weighted by atomic mass is 16.5. The molecule has 0 aromatic carbocycles. The highest BCUT2D eigenvalue weighted by Gasteiger charge is 2.33. The van der Waals surface area contributed by atoms with Crippen LogP contribution in [0.25, 0.3) is 0 Å². The Bertz CT molecular complexity index is 275. The first kappa shape index (κ1) is 17.9. The molecule has 1 rings (SSSR count). The maximum Gasteiger partial charge on any atom is 0.0674 e. The van der Waals surface area contributed by atoms with E-state index in [0.29, 0.717) is 18.2 Å². The van der Waals surface area contributed by atoms with Gasteiger partial charge >= 0.3 is 0 Å². The van der Waals surface area contributed by atoms with Crippen LogP contribution in [0, 0.1) is 0 Å². The molecule has 4 atom stereocenters. The van der Waals surface area contributed by atoms with Crippen LogP contribution in [0.4, 0.5) is 0 Å². The second-order valence-corrected chi connectivity index (χ2v) is 6.60. The van der Waals surface area contributed by atoms with Gasteiger partial charge in [0.1, 0.15) is 0 Å². The smallest absolute Gasteiger partial charge is 0.0674 e. The minimum absolute atomic E-state index is 0.185. The quantitative estimate of drug-likeness (QED) is 0.716. The number of hydrogen-bond acceptors (Lipinski definition) is 4. The first-order chi connectivity index (χ1) is 9.45. The molecule has 0 aromatic rings. The zero-order chi connectivity index (χ0) is 15.2. The number of aliphatic hydroxyl groups is 1. The van der Waals surface area contributed by atoms with Gasteiger partial charge in [-0.1, -0.05) is 13.8 Å². The van der Waals surface area contributed by atoms with Crippen LogP contribution in [-0.4, -0.2) is 60.0 Å². The Morgan fingerprint density at radius 1 is 1.45 bits per heavy atom. The maximum atomic E-state index is 9.73. The van der Waals surface area contributed by atoms with Gasteiger partial charge in [-0.05, 0) is 46.6 Å². The minimum Gasteiger partial charge on any atom is -0.394 e. The summed E-state index contributed by atoms with van der Waals surface area (Å²) in [6.07, 6.45) is 3.49. The van der Waals surface area contributed by atoms with Crippen LogP contribution < -0.4 is 5.32 Å². The zero-order valence-corrected chi connectivity index (χ0v) is 14.0. The molecule has 120 valence electrons. The predicted octanol–water partition coefficient (Wildman–Crippen LogP) is 2.01. The van der Waals surface area contributed by atoms with E-state index in [-0.39, 0.29) is 12.1 Å². The average Bonchev–Trinajstić information content (AvgIpc) is 2.45. The molecule has 4 heteroatoms. The molecule has 20 heavy (non-hydrogen) atoms. The molecule has 0 amide bonds. The van der Waals surface area contributed by atoms with E-state index < -0.39 is 0 Å². The van der Waals surface area contributed by atoms with Gasteiger partial charge in [0.05, 0.1) is 19.3 Å². The second kappa shape index (κ2) is 8.32. The molecule has 2 N–H and O–H groups in total. The summed E-state index contributed by atoms with van der Waals surface area (Å²) in [6.45, 7) is 13.9. The van der Waals surface area contributed by atoms with Gasteiger partial charge in [0.15, 0.2) is 0 Å². The number of nitrogens with one attached hydrogen (secondary N) is 1. The molecule has 0 radical (unpaired) electrons. The third kappa shape index (κ3) is 4.99. The molecule has 1 fully saturated rings. The molecule has 0 aromatic heterocycles. The Labute approximate surface area is 124 Å². The van der Waals surface area contributed by atoms with Crippen molar-refractivity contribution in [2.75, 3.05) is 26.3 Å². The Hall–Kier alpha value is -0.160. The number of ether oxygens (including phenoxy) is 1. The van der Waals surface area contributed by atoms with Gasteiger partial charge in [0.25, 0.3) is 0 Å². The van der Waals surface area contributed by atoms with Crippen LogP contribution in [0.3, 0.4) is 0 Å². The molecule has 0 spiro atoms. The summed E-state index contributed by atoms with van der Waals surface area (Å²) in [4.78, 5) is 2.57. The van der Waals surface area contributed by atoms with E-state index in [4.69, 9.17) is 4.74 Å². The molecule has 1 aliphatic heterocycles. The lowest BCUT2D eigenvalue weighted by atomic mass is 9.92. The van der Waals surface area contributed by atoms with Crippen molar-refractivity contribution in [3.8, 4) is 0 Å². The van der Waals surface area contributed by atoms with E-state index in [0.717, 1.165) is 39.0 Å². The zero-order valence-electron chi connectivity index (χ0n) is 14.0. The van der Waals surface area contributed by atoms with Crippen LogP contribution in [0.15, 0.2) is 0 Å². The largest absolute Gasteiger partial charge is 0.394 e. The van der Waals surface area contributed by atoms with E-state index in [1.165, 1.54) is 0 Å². The van der Waals surface area contributed by atoms with Crippen molar-refractivity contribution >= 4 is 0 Å². The Balaban J connectivity index is 2.63. The predicted molar refractivity (Wildman–Crippen MR) is 84.1 cm³/mol. The third-order valence-corrected chi connectivity index (χ3v) is 4.44. The molecule has 1 heterocycles. The fourth-order valence-electron chi connectivity index (χ4n) is 3.15. The summed E-state index contributed by atoms with van der Waals surface area (Å²) in [5.41, 5.74) is -0.185. The number of aliphatic hydroxyl groups excluding tert-OH is 1. The molecule has 4 unspecified atom stereocenters. The topological polar surface area (TPSA) is 44.7 Å². The summed E-state index contributed by atoms with van der Waals surface area (Å²) in [5, 5.41) is 13.2. The Morgan fingerprint density at radius 2 is 2.15 bits per heavy atom.